The molecule has 1 aromatic rings. The van der Waals surface area contributed by atoms with Crippen LogP contribution in [-0.4, -0.2) is 37.7 Å². The van der Waals surface area contributed by atoms with E-state index in [1.807, 2.05) is 11.0 Å². The molecule has 1 amide bonds. The lowest BCUT2D eigenvalue weighted by molar-refractivity contribution is -0.115. The summed E-state index contributed by atoms with van der Waals surface area (Å²) in [4.78, 5) is 17.7. The zero-order valence-corrected chi connectivity index (χ0v) is 10.5. The minimum absolute atomic E-state index is 0.0245. The van der Waals surface area contributed by atoms with Gasteiger partial charge >= 0.3 is 0 Å². The molecule has 1 aliphatic heterocycles. The van der Waals surface area contributed by atoms with E-state index < -0.39 is 0 Å². The number of methoxy groups -OCH3 is 1. The molecule has 0 aliphatic carbocycles. The Bertz CT molecular complexity index is 411. The normalized spacial score (nSPS) is 14.6. The predicted octanol–water partition coefficient (Wildman–Crippen LogP) is 1.25. The molecule has 0 fully saturated rings. The number of aromatic nitrogens is 1. The van der Waals surface area contributed by atoms with Crippen LogP contribution in [-0.2, 0) is 9.53 Å². The van der Waals surface area contributed by atoms with Crippen LogP contribution in [0.2, 0.25) is 0 Å². The van der Waals surface area contributed by atoms with Gasteiger partial charge in [-0.15, -0.1) is 0 Å². The van der Waals surface area contributed by atoms with Gasteiger partial charge in [-0.3, -0.25) is 4.79 Å². The molecular formula is C10H12BrN3O2. The molecule has 0 radical (unpaired) electrons. The van der Waals surface area contributed by atoms with E-state index in [1.165, 1.54) is 0 Å². The maximum Gasteiger partial charge on any atom is 0.244 e. The first-order chi connectivity index (χ1) is 7.70. The number of hydrogen-bond donors (Lipinski definition) is 1. The summed E-state index contributed by atoms with van der Waals surface area (Å²) in [5.41, 5.74) is 0.738. The summed E-state index contributed by atoms with van der Waals surface area (Å²) in [5.74, 6) is 0.767. The first-order valence-electron chi connectivity index (χ1n) is 4.90. The van der Waals surface area contributed by atoms with E-state index in [0.717, 1.165) is 16.0 Å². The molecule has 2 rings (SSSR count). The highest BCUT2D eigenvalue weighted by atomic mass is 79.9. The number of ether oxygens (including phenoxy) is 1. The van der Waals surface area contributed by atoms with Gasteiger partial charge in [0.2, 0.25) is 5.91 Å². The number of halogens is 1. The fourth-order valence-corrected chi connectivity index (χ4v) is 1.93. The Morgan fingerprint density at radius 3 is 3.25 bits per heavy atom. The Morgan fingerprint density at radius 2 is 2.50 bits per heavy atom. The standard InChI is InChI=1S/C10H12BrN3O2/c1-16-3-2-14-6-9(15)13-8-4-7(11)5-12-10(8)14/h4-5H,2-3,6H2,1H3,(H,13,15). The van der Waals surface area contributed by atoms with Crippen molar-refractivity contribution in [3.8, 4) is 0 Å². The highest BCUT2D eigenvalue weighted by Gasteiger charge is 2.22. The van der Waals surface area contributed by atoms with Gasteiger partial charge < -0.3 is 15.0 Å². The number of carbonyl (C=O) groups is 1. The number of nitrogens with one attached hydrogen (secondary N) is 1. The van der Waals surface area contributed by atoms with Gasteiger partial charge in [0.15, 0.2) is 5.82 Å². The second-order valence-electron chi connectivity index (χ2n) is 3.49. The summed E-state index contributed by atoms with van der Waals surface area (Å²) in [6.45, 7) is 1.56. The van der Waals surface area contributed by atoms with E-state index in [1.54, 1.807) is 13.3 Å². The maximum atomic E-state index is 11.5. The number of nitrogens with zero attached hydrogens (tertiary/aromatic N) is 2. The van der Waals surface area contributed by atoms with Crippen LogP contribution in [0.5, 0.6) is 0 Å². The van der Waals surface area contributed by atoms with E-state index in [2.05, 4.69) is 26.2 Å². The lowest BCUT2D eigenvalue weighted by Gasteiger charge is -2.29. The number of amides is 1. The van der Waals surface area contributed by atoms with Crippen LogP contribution in [0.4, 0.5) is 11.5 Å². The molecule has 0 unspecified atom stereocenters. The first-order valence-corrected chi connectivity index (χ1v) is 5.69. The quantitative estimate of drug-likeness (QED) is 0.908. The van der Waals surface area contributed by atoms with Crippen molar-refractivity contribution >= 4 is 33.3 Å². The highest BCUT2D eigenvalue weighted by molar-refractivity contribution is 9.10. The SMILES string of the molecule is COCCN1CC(=O)Nc2cc(Br)cnc21. The molecule has 6 heteroatoms. The van der Waals surface area contributed by atoms with Crippen LogP contribution in [0.3, 0.4) is 0 Å². The van der Waals surface area contributed by atoms with E-state index in [0.29, 0.717) is 19.7 Å². The number of rotatable bonds is 3. The fourth-order valence-electron chi connectivity index (χ4n) is 1.60. The smallest absolute Gasteiger partial charge is 0.244 e. The molecule has 0 aromatic carbocycles. The summed E-state index contributed by atoms with van der Waals surface area (Å²) >= 11 is 3.33. The van der Waals surface area contributed by atoms with Crippen LogP contribution in [0.1, 0.15) is 0 Å². The van der Waals surface area contributed by atoms with Crippen molar-refractivity contribution in [3.05, 3.63) is 16.7 Å². The van der Waals surface area contributed by atoms with Crippen LogP contribution in [0.15, 0.2) is 16.7 Å². The number of carbonyl (C=O) groups excluding carboxylic acids is 1. The van der Waals surface area contributed by atoms with Gasteiger partial charge in [0.1, 0.15) is 0 Å². The van der Waals surface area contributed by atoms with Gasteiger partial charge in [-0.05, 0) is 22.0 Å². The Balaban J connectivity index is 2.27. The van der Waals surface area contributed by atoms with Crippen molar-refractivity contribution in [2.45, 2.75) is 0 Å². The van der Waals surface area contributed by atoms with Crippen molar-refractivity contribution in [2.75, 3.05) is 37.0 Å². The third-order valence-electron chi connectivity index (χ3n) is 2.31. The molecule has 1 N–H and O–H groups in total. The summed E-state index contributed by atoms with van der Waals surface area (Å²) < 4.78 is 5.86. The Morgan fingerprint density at radius 1 is 1.69 bits per heavy atom. The zero-order valence-electron chi connectivity index (χ0n) is 8.86. The fraction of sp³-hybridized carbons (Fsp3) is 0.400. The van der Waals surface area contributed by atoms with E-state index in [-0.39, 0.29) is 5.91 Å². The van der Waals surface area contributed by atoms with Gasteiger partial charge in [0, 0.05) is 24.3 Å². The number of anilines is 2. The summed E-state index contributed by atoms with van der Waals surface area (Å²) in [7, 11) is 1.64. The lowest BCUT2D eigenvalue weighted by atomic mass is 10.3. The third kappa shape index (κ3) is 2.33. The molecule has 1 aliphatic rings. The lowest BCUT2D eigenvalue weighted by Crippen LogP contribution is -2.40. The molecule has 0 atom stereocenters. The molecule has 86 valence electrons. The van der Waals surface area contributed by atoms with Crippen LogP contribution < -0.4 is 10.2 Å². The van der Waals surface area contributed by atoms with Crippen LogP contribution >= 0.6 is 15.9 Å². The van der Waals surface area contributed by atoms with Crippen molar-refractivity contribution in [3.63, 3.8) is 0 Å². The summed E-state index contributed by atoms with van der Waals surface area (Å²) in [6.07, 6.45) is 1.72. The van der Waals surface area contributed by atoms with Crippen LogP contribution in [0.25, 0.3) is 0 Å². The van der Waals surface area contributed by atoms with E-state index in [4.69, 9.17) is 4.74 Å². The average Bonchev–Trinajstić information content (AvgIpc) is 2.25. The third-order valence-corrected chi connectivity index (χ3v) is 2.74. The van der Waals surface area contributed by atoms with Crippen molar-refractivity contribution < 1.29 is 9.53 Å². The molecular weight excluding hydrogens is 274 g/mol. The molecule has 1 aromatic heterocycles. The zero-order chi connectivity index (χ0) is 11.5. The Hall–Kier alpha value is -1.14. The predicted molar refractivity (Wildman–Crippen MR) is 64.7 cm³/mol. The largest absolute Gasteiger partial charge is 0.383 e. The maximum absolute atomic E-state index is 11.5. The van der Waals surface area contributed by atoms with Gasteiger partial charge in [-0.1, -0.05) is 0 Å². The summed E-state index contributed by atoms with van der Waals surface area (Å²) in [6, 6.07) is 1.85. The Labute approximate surface area is 102 Å². The molecule has 0 bridgehead atoms. The molecule has 16 heavy (non-hydrogen) atoms. The van der Waals surface area contributed by atoms with Crippen LogP contribution in [0, 0.1) is 0 Å². The Kier molecular flexibility index (Phi) is 3.40. The first kappa shape index (κ1) is 11.3. The average molecular weight is 286 g/mol. The number of hydrogen-bond acceptors (Lipinski definition) is 4. The topological polar surface area (TPSA) is 54.5 Å². The number of pyridine rings is 1. The second kappa shape index (κ2) is 4.80. The van der Waals surface area contributed by atoms with E-state index in [9.17, 15) is 4.79 Å². The minimum Gasteiger partial charge on any atom is -0.383 e. The van der Waals surface area contributed by atoms with Gasteiger partial charge in [0.25, 0.3) is 0 Å². The van der Waals surface area contributed by atoms with Gasteiger partial charge in [0.05, 0.1) is 18.8 Å². The molecule has 0 saturated heterocycles. The second-order valence-corrected chi connectivity index (χ2v) is 4.40. The van der Waals surface area contributed by atoms with Crippen molar-refractivity contribution in [1.82, 2.24) is 4.98 Å². The highest BCUT2D eigenvalue weighted by Crippen LogP contribution is 2.29. The molecule has 0 spiro atoms. The van der Waals surface area contributed by atoms with Gasteiger partial charge in [-0.25, -0.2) is 4.98 Å². The number of fused-ring (bicyclic) bond motifs is 1. The van der Waals surface area contributed by atoms with E-state index >= 15 is 0 Å². The summed E-state index contributed by atoms with van der Waals surface area (Å²) in [5, 5.41) is 2.79. The molecule has 0 saturated carbocycles. The molecule has 5 nitrogen and oxygen atoms in total. The minimum atomic E-state index is -0.0245. The van der Waals surface area contributed by atoms with Crippen molar-refractivity contribution in [2.24, 2.45) is 0 Å². The molecule has 2 heterocycles. The monoisotopic (exact) mass is 285 g/mol. The van der Waals surface area contributed by atoms with Gasteiger partial charge in [-0.2, -0.15) is 0 Å². The van der Waals surface area contributed by atoms with Crippen molar-refractivity contribution in [1.29, 1.82) is 0 Å².